The first-order chi connectivity index (χ1) is 8.13. The fourth-order valence-electron chi connectivity index (χ4n) is 1.59. The van der Waals surface area contributed by atoms with Gasteiger partial charge in [-0.25, -0.2) is 9.78 Å². The van der Waals surface area contributed by atoms with Gasteiger partial charge in [-0.3, -0.25) is 0 Å². The van der Waals surface area contributed by atoms with Gasteiger partial charge in [-0.15, -0.1) is 0 Å². The van der Waals surface area contributed by atoms with Crippen LogP contribution in [0.5, 0.6) is 5.75 Å². The summed E-state index contributed by atoms with van der Waals surface area (Å²) < 4.78 is 10.2. The van der Waals surface area contributed by atoms with Crippen molar-refractivity contribution >= 4 is 5.97 Å². The molecule has 0 saturated carbocycles. The van der Waals surface area contributed by atoms with Crippen LogP contribution in [0.1, 0.15) is 16.4 Å². The van der Waals surface area contributed by atoms with Gasteiger partial charge >= 0.3 is 5.97 Å². The number of methoxy groups -OCH3 is 1. The van der Waals surface area contributed by atoms with E-state index in [0.717, 1.165) is 0 Å². The number of nitrogens with zero attached hydrogens (tertiary/aromatic N) is 1. The van der Waals surface area contributed by atoms with Gasteiger partial charge in [0.2, 0.25) is 5.76 Å². The number of carboxylic acids is 1. The van der Waals surface area contributed by atoms with Crippen LogP contribution in [0.25, 0.3) is 11.3 Å². The molecule has 0 amide bonds. The highest BCUT2D eigenvalue weighted by Crippen LogP contribution is 2.31. The number of hydrogen-bond donors (Lipinski definition) is 1. The van der Waals surface area contributed by atoms with E-state index in [4.69, 9.17) is 14.3 Å². The van der Waals surface area contributed by atoms with E-state index in [1.165, 1.54) is 7.11 Å². The summed E-state index contributed by atoms with van der Waals surface area (Å²) in [5.41, 5.74) is 0.886. The molecule has 5 heteroatoms. The van der Waals surface area contributed by atoms with Gasteiger partial charge in [-0.05, 0) is 12.1 Å². The molecule has 0 spiro atoms. The maximum Gasteiger partial charge on any atom is 0.374 e. The lowest BCUT2D eigenvalue weighted by atomic mass is 10.1. The second-order valence-corrected chi connectivity index (χ2v) is 3.42. The topological polar surface area (TPSA) is 72.6 Å². The van der Waals surface area contributed by atoms with E-state index in [-0.39, 0.29) is 11.5 Å². The highest BCUT2D eigenvalue weighted by Gasteiger charge is 2.21. The molecule has 0 aliphatic carbocycles. The van der Waals surface area contributed by atoms with Gasteiger partial charge in [0.25, 0.3) is 0 Å². The molecule has 1 aromatic heterocycles. The summed E-state index contributed by atoms with van der Waals surface area (Å²) in [7, 11) is 1.52. The van der Waals surface area contributed by atoms with Crippen LogP contribution < -0.4 is 4.74 Å². The Morgan fingerprint density at radius 1 is 1.41 bits per heavy atom. The molecule has 0 aliphatic rings. The second kappa shape index (κ2) is 4.29. The van der Waals surface area contributed by atoms with Crippen LogP contribution in [-0.2, 0) is 0 Å². The zero-order valence-corrected chi connectivity index (χ0v) is 9.43. The molecule has 0 fully saturated rings. The van der Waals surface area contributed by atoms with Gasteiger partial charge in [-0.2, -0.15) is 0 Å². The van der Waals surface area contributed by atoms with E-state index in [9.17, 15) is 4.79 Å². The average molecular weight is 233 g/mol. The van der Waals surface area contributed by atoms with Crippen LogP contribution in [-0.4, -0.2) is 23.2 Å². The lowest BCUT2D eigenvalue weighted by molar-refractivity contribution is 0.0662. The normalized spacial score (nSPS) is 10.2. The third-order valence-corrected chi connectivity index (χ3v) is 2.29. The molecule has 88 valence electrons. The Hall–Kier alpha value is -2.30. The van der Waals surface area contributed by atoms with Crippen LogP contribution in [0.15, 0.2) is 28.7 Å². The van der Waals surface area contributed by atoms with Crippen molar-refractivity contribution in [3.63, 3.8) is 0 Å². The number of para-hydroxylation sites is 1. The first kappa shape index (κ1) is 11.2. The van der Waals surface area contributed by atoms with Crippen molar-refractivity contribution in [1.82, 2.24) is 4.98 Å². The number of oxazole rings is 1. The molecule has 2 rings (SSSR count). The summed E-state index contributed by atoms with van der Waals surface area (Å²) >= 11 is 0. The Bertz CT molecular complexity index is 559. The zero-order chi connectivity index (χ0) is 12.4. The second-order valence-electron chi connectivity index (χ2n) is 3.42. The highest BCUT2D eigenvalue weighted by molar-refractivity contribution is 5.92. The lowest BCUT2D eigenvalue weighted by Crippen LogP contribution is -1.97. The third kappa shape index (κ3) is 1.99. The molecule has 0 radical (unpaired) electrons. The number of carboxylic acid groups (broad SMARTS) is 1. The monoisotopic (exact) mass is 233 g/mol. The minimum absolute atomic E-state index is 0.174. The summed E-state index contributed by atoms with van der Waals surface area (Å²) in [6.45, 7) is 1.60. The molecule has 17 heavy (non-hydrogen) atoms. The molecule has 2 aromatic rings. The zero-order valence-electron chi connectivity index (χ0n) is 9.43. The summed E-state index contributed by atoms with van der Waals surface area (Å²) in [4.78, 5) is 15.1. The Morgan fingerprint density at radius 2 is 2.12 bits per heavy atom. The smallest absolute Gasteiger partial charge is 0.374 e. The van der Waals surface area contributed by atoms with Gasteiger partial charge in [0.15, 0.2) is 5.89 Å². The number of rotatable bonds is 3. The van der Waals surface area contributed by atoms with E-state index >= 15 is 0 Å². The molecule has 1 heterocycles. The number of aryl methyl sites for hydroxylation is 1. The fraction of sp³-hybridized carbons (Fsp3) is 0.167. The summed E-state index contributed by atoms with van der Waals surface area (Å²) in [6, 6.07) is 7.07. The van der Waals surface area contributed by atoms with Crippen molar-refractivity contribution in [3.8, 4) is 17.0 Å². The maximum absolute atomic E-state index is 11.0. The number of aromatic nitrogens is 1. The number of benzene rings is 1. The first-order valence-corrected chi connectivity index (χ1v) is 4.97. The van der Waals surface area contributed by atoms with Crippen molar-refractivity contribution in [2.45, 2.75) is 6.92 Å². The van der Waals surface area contributed by atoms with Crippen molar-refractivity contribution in [3.05, 3.63) is 35.9 Å². The van der Waals surface area contributed by atoms with Gasteiger partial charge < -0.3 is 14.3 Å². The van der Waals surface area contributed by atoms with E-state index in [0.29, 0.717) is 17.2 Å². The minimum atomic E-state index is -1.15. The number of ether oxygens (including phenoxy) is 1. The van der Waals surface area contributed by atoms with Crippen molar-refractivity contribution in [2.75, 3.05) is 7.11 Å². The SMILES string of the molecule is COc1ccccc1-c1nc(C)oc1C(=O)O. The average Bonchev–Trinajstić information content (AvgIpc) is 2.71. The van der Waals surface area contributed by atoms with Gasteiger partial charge in [0.1, 0.15) is 11.4 Å². The van der Waals surface area contributed by atoms with E-state index in [1.54, 1.807) is 31.2 Å². The Morgan fingerprint density at radius 3 is 2.76 bits per heavy atom. The molecule has 0 saturated heterocycles. The largest absolute Gasteiger partial charge is 0.496 e. The summed E-state index contributed by atoms with van der Waals surface area (Å²) in [5, 5.41) is 9.03. The van der Waals surface area contributed by atoms with Crippen LogP contribution in [0.3, 0.4) is 0 Å². The Balaban J connectivity index is 2.63. The maximum atomic E-state index is 11.0. The van der Waals surface area contributed by atoms with Gasteiger partial charge in [-0.1, -0.05) is 12.1 Å². The minimum Gasteiger partial charge on any atom is -0.496 e. The van der Waals surface area contributed by atoms with Crippen molar-refractivity contribution in [2.24, 2.45) is 0 Å². The summed E-state index contributed by atoms with van der Waals surface area (Å²) in [5.74, 6) is -0.454. The predicted molar refractivity (Wildman–Crippen MR) is 60.2 cm³/mol. The fourth-order valence-corrected chi connectivity index (χ4v) is 1.59. The van der Waals surface area contributed by atoms with Crippen LogP contribution >= 0.6 is 0 Å². The van der Waals surface area contributed by atoms with Gasteiger partial charge in [0, 0.05) is 12.5 Å². The predicted octanol–water partition coefficient (Wildman–Crippen LogP) is 2.36. The van der Waals surface area contributed by atoms with Crippen LogP contribution in [0.4, 0.5) is 0 Å². The molecule has 0 atom stereocenters. The quantitative estimate of drug-likeness (QED) is 0.880. The highest BCUT2D eigenvalue weighted by atomic mass is 16.5. The number of aromatic carboxylic acids is 1. The van der Waals surface area contributed by atoms with Crippen molar-refractivity contribution in [1.29, 1.82) is 0 Å². The summed E-state index contributed by atoms with van der Waals surface area (Å²) in [6.07, 6.45) is 0. The first-order valence-electron chi connectivity index (χ1n) is 4.97. The molecule has 0 aliphatic heterocycles. The van der Waals surface area contributed by atoms with E-state index in [1.807, 2.05) is 0 Å². The molecule has 5 nitrogen and oxygen atoms in total. The Kier molecular flexibility index (Phi) is 2.82. The molecule has 1 aromatic carbocycles. The Labute approximate surface area is 97.7 Å². The van der Waals surface area contributed by atoms with Crippen molar-refractivity contribution < 1.29 is 19.1 Å². The molecular weight excluding hydrogens is 222 g/mol. The standard InChI is InChI=1S/C12H11NO4/c1-7-13-10(11(17-7)12(14)15)8-5-3-4-6-9(8)16-2/h3-6H,1-2H3,(H,14,15). The van der Waals surface area contributed by atoms with E-state index < -0.39 is 5.97 Å². The van der Waals surface area contributed by atoms with Crippen LogP contribution in [0, 0.1) is 6.92 Å². The molecule has 1 N–H and O–H groups in total. The molecule has 0 unspecified atom stereocenters. The third-order valence-electron chi connectivity index (χ3n) is 2.29. The molecular formula is C12H11NO4. The van der Waals surface area contributed by atoms with Crippen LogP contribution in [0.2, 0.25) is 0 Å². The number of carbonyl (C=O) groups is 1. The van der Waals surface area contributed by atoms with E-state index in [2.05, 4.69) is 4.98 Å². The number of hydrogen-bond acceptors (Lipinski definition) is 4. The molecule has 0 bridgehead atoms. The van der Waals surface area contributed by atoms with Gasteiger partial charge in [0.05, 0.1) is 7.11 Å². The lowest BCUT2D eigenvalue weighted by Gasteiger charge is -2.05.